The lowest BCUT2D eigenvalue weighted by Gasteiger charge is -2.18. The van der Waals surface area contributed by atoms with Crippen molar-refractivity contribution in [3.05, 3.63) is 0 Å². The van der Waals surface area contributed by atoms with Gasteiger partial charge < -0.3 is 0 Å². The lowest BCUT2D eigenvalue weighted by molar-refractivity contribution is -0.137. The van der Waals surface area contributed by atoms with Crippen molar-refractivity contribution < 1.29 is 13.2 Å². The fraction of sp³-hybridized carbons (Fsp3) is 1.00. The van der Waals surface area contributed by atoms with Crippen molar-refractivity contribution in [1.29, 1.82) is 0 Å². The molecular formula is C10H17F3N2. The highest BCUT2D eigenvalue weighted by atomic mass is 19.4. The van der Waals surface area contributed by atoms with Crippen LogP contribution in [-0.4, -0.2) is 12.2 Å². The number of nitrogens with one attached hydrogen (secondary N) is 1. The molecule has 2 aliphatic rings. The van der Waals surface area contributed by atoms with Gasteiger partial charge in [-0.25, -0.2) is 0 Å². The maximum Gasteiger partial charge on any atom is 0.389 e. The molecule has 3 N–H and O–H groups in total. The predicted molar refractivity (Wildman–Crippen MR) is 50.7 cm³/mol. The first kappa shape index (κ1) is 11.2. The van der Waals surface area contributed by atoms with E-state index in [0.717, 1.165) is 0 Å². The van der Waals surface area contributed by atoms with Crippen molar-refractivity contribution in [1.82, 2.24) is 5.43 Å². The number of rotatable bonds is 4. The van der Waals surface area contributed by atoms with Gasteiger partial charge in [0, 0.05) is 12.5 Å². The first-order chi connectivity index (χ1) is 7.03. The molecule has 0 bridgehead atoms. The van der Waals surface area contributed by atoms with Crippen LogP contribution in [0.5, 0.6) is 0 Å². The average molecular weight is 222 g/mol. The number of hydrazine groups is 1. The highest BCUT2D eigenvalue weighted by Gasteiger charge is 2.55. The number of nitrogens with two attached hydrogens (primary N) is 1. The number of halogens is 3. The van der Waals surface area contributed by atoms with E-state index < -0.39 is 12.6 Å². The van der Waals surface area contributed by atoms with Crippen LogP contribution in [0.4, 0.5) is 13.2 Å². The molecule has 0 saturated heterocycles. The number of alkyl halides is 3. The van der Waals surface area contributed by atoms with Crippen LogP contribution in [0.1, 0.15) is 32.1 Å². The lowest BCUT2D eigenvalue weighted by Crippen LogP contribution is -2.38. The molecule has 2 fully saturated rings. The summed E-state index contributed by atoms with van der Waals surface area (Å²) < 4.78 is 36.2. The normalized spacial score (nSPS) is 36.4. The van der Waals surface area contributed by atoms with Gasteiger partial charge in [-0.15, -0.1) is 0 Å². The number of hydrogen-bond donors (Lipinski definition) is 2. The SMILES string of the molecule is NNC(CCC(F)(F)F)C1C2CCCC21. The Labute approximate surface area is 87.4 Å². The zero-order valence-electron chi connectivity index (χ0n) is 8.56. The van der Waals surface area contributed by atoms with Crippen molar-refractivity contribution in [2.45, 2.75) is 44.3 Å². The third-order valence-electron chi connectivity index (χ3n) is 3.89. The Balaban J connectivity index is 1.79. The second-order valence-corrected chi connectivity index (χ2v) is 4.76. The van der Waals surface area contributed by atoms with Gasteiger partial charge >= 0.3 is 6.18 Å². The van der Waals surface area contributed by atoms with Crippen LogP contribution in [0.3, 0.4) is 0 Å². The van der Waals surface area contributed by atoms with Crippen LogP contribution in [0.25, 0.3) is 0 Å². The van der Waals surface area contributed by atoms with Crippen molar-refractivity contribution in [3.8, 4) is 0 Å². The maximum absolute atomic E-state index is 12.1. The molecular weight excluding hydrogens is 205 g/mol. The monoisotopic (exact) mass is 222 g/mol. The zero-order valence-corrected chi connectivity index (χ0v) is 8.56. The van der Waals surface area contributed by atoms with Gasteiger partial charge in [-0.2, -0.15) is 13.2 Å². The first-order valence-corrected chi connectivity index (χ1v) is 5.56. The minimum absolute atomic E-state index is 0.123. The van der Waals surface area contributed by atoms with Crippen LogP contribution < -0.4 is 11.3 Å². The molecule has 5 heteroatoms. The summed E-state index contributed by atoms with van der Waals surface area (Å²) in [6, 6.07) is -0.137. The summed E-state index contributed by atoms with van der Waals surface area (Å²) in [7, 11) is 0. The predicted octanol–water partition coefficient (Wildman–Crippen LogP) is 2.21. The highest BCUT2D eigenvalue weighted by Crippen LogP contribution is 2.59. The molecule has 0 spiro atoms. The molecule has 0 aromatic carbocycles. The van der Waals surface area contributed by atoms with Crippen LogP contribution in [0.2, 0.25) is 0 Å². The summed E-state index contributed by atoms with van der Waals surface area (Å²) in [5.74, 6) is 7.04. The largest absolute Gasteiger partial charge is 0.389 e. The molecule has 2 saturated carbocycles. The Bertz CT molecular complexity index is 219. The van der Waals surface area contributed by atoms with Gasteiger partial charge in [-0.05, 0) is 37.0 Å². The molecule has 88 valence electrons. The molecule has 2 nitrogen and oxygen atoms in total. The molecule has 3 unspecified atom stereocenters. The minimum Gasteiger partial charge on any atom is -0.271 e. The van der Waals surface area contributed by atoms with E-state index in [1.165, 1.54) is 19.3 Å². The molecule has 15 heavy (non-hydrogen) atoms. The third-order valence-corrected chi connectivity index (χ3v) is 3.89. The molecule has 3 atom stereocenters. The van der Waals surface area contributed by atoms with Gasteiger partial charge in [0.15, 0.2) is 0 Å². The van der Waals surface area contributed by atoms with Gasteiger partial charge in [0.1, 0.15) is 0 Å². The van der Waals surface area contributed by atoms with E-state index in [0.29, 0.717) is 17.8 Å². The highest BCUT2D eigenvalue weighted by molar-refractivity contribution is 5.05. The number of hydrogen-bond acceptors (Lipinski definition) is 2. The Morgan fingerprint density at radius 2 is 1.87 bits per heavy atom. The van der Waals surface area contributed by atoms with E-state index in [2.05, 4.69) is 5.43 Å². The van der Waals surface area contributed by atoms with E-state index in [1.54, 1.807) is 0 Å². The van der Waals surface area contributed by atoms with Crippen molar-refractivity contribution in [2.24, 2.45) is 23.6 Å². The fourth-order valence-corrected chi connectivity index (χ4v) is 3.18. The van der Waals surface area contributed by atoms with Crippen LogP contribution in [0, 0.1) is 17.8 Å². The van der Waals surface area contributed by atoms with Crippen LogP contribution in [0.15, 0.2) is 0 Å². The van der Waals surface area contributed by atoms with Gasteiger partial charge in [-0.1, -0.05) is 6.42 Å². The Hall–Kier alpha value is -0.290. The van der Waals surface area contributed by atoms with E-state index >= 15 is 0 Å². The second-order valence-electron chi connectivity index (χ2n) is 4.76. The van der Waals surface area contributed by atoms with Gasteiger partial charge in [0.05, 0.1) is 0 Å². The molecule has 0 aromatic heterocycles. The fourth-order valence-electron chi connectivity index (χ4n) is 3.18. The average Bonchev–Trinajstić information content (AvgIpc) is 2.62. The lowest BCUT2D eigenvalue weighted by atomic mass is 10.0. The smallest absolute Gasteiger partial charge is 0.271 e. The van der Waals surface area contributed by atoms with Crippen molar-refractivity contribution in [3.63, 3.8) is 0 Å². The summed E-state index contributed by atoms with van der Waals surface area (Å²) >= 11 is 0. The zero-order chi connectivity index (χ0) is 11.1. The summed E-state index contributed by atoms with van der Waals surface area (Å²) in [5.41, 5.74) is 2.57. The minimum atomic E-state index is -4.06. The second kappa shape index (κ2) is 3.94. The Kier molecular flexibility index (Phi) is 2.94. The van der Waals surface area contributed by atoms with E-state index in [-0.39, 0.29) is 12.5 Å². The van der Waals surface area contributed by atoms with E-state index in [4.69, 9.17) is 5.84 Å². The Morgan fingerprint density at radius 1 is 1.27 bits per heavy atom. The standard InChI is InChI=1S/C10H17F3N2/c11-10(12,13)5-4-8(15-14)9-6-2-1-3-7(6)9/h6-9,15H,1-5,14H2. The molecule has 0 aliphatic heterocycles. The van der Waals surface area contributed by atoms with E-state index in [9.17, 15) is 13.2 Å². The van der Waals surface area contributed by atoms with Crippen LogP contribution >= 0.6 is 0 Å². The molecule has 2 aliphatic carbocycles. The van der Waals surface area contributed by atoms with Crippen molar-refractivity contribution in [2.75, 3.05) is 0 Å². The van der Waals surface area contributed by atoms with Gasteiger partial charge in [0.2, 0.25) is 0 Å². The summed E-state index contributed by atoms with van der Waals surface area (Å²) in [4.78, 5) is 0. The molecule has 0 radical (unpaired) electrons. The number of fused-ring (bicyclic) bond motifs is 1. The summed E-state index contributed by atoms with van der Waals surface area (Å²) in [6.45, 7) is 0. The summed E-state index contributed by atoms with van der Waals surface area (Å²) in [5, 5.41) is 0. The molecule has 0 amide bonds. The Morgan fingerprint density at radius 3 is 2.33 bits per heavy atom. The maximum atomic E-state index is 12.1. The summed E-state index contributed by atoms with van der Waals surface area (Å²) in [6.07, 6.45) is -1.06. The van der Waals surface area contributed by atoms with Gasteiger partial charge in [-0.3, -0.25) is 11.3 Å². The first-order valence-electron chi connectivity index (χ1n) is 5.56. The van der Waals surface area contributed by atoms with Gasteiger partial charge in [0.25, 0.3) is 0 Å². The molecule has 2 rings (SSSR count). The molecule has 0 heterocycles. The van der Waals surface area contributed by atoms with Crippen LogP contribution in [-0.2, 0) is 0 Å². The third kappa shape index (κ3) is 2.45. The topological polar surface area (TPSA) is 38.0 Å². The molecule has 0 aromatic rings. The quantitative estimate of drug-likeness (QED) is 0.565. The van der Waals surface area contributed by atoms with E-state index in [1.807, 2.05) is 0 Å². The van der Waals surface area contributed by atoms with Crippen molar-refractivity contribution >= 4 is 0 Å².